The molecule has 2 rings (SSSR count). The summed E-state index contributed by atoms with van der Waals surface area (Å²) in [6, 6.07) is 5.90. The third-order valence-corrected chi connectivity index (χ3v) is 3.54. The van der Waals surface area contributed by atoms with Crippen LogP contribution in [0.25, 0.3) is 0 Å². The van der Waals surface area contributed by atoms with Crippen LogP contribution in [0.5, 0.6) is 5.75 Å². The summed E-state index contributed by atoms with van der Waals surface area (Å²) in [6.07, 6.45) is 3.76. The minimum atomic E-state index is 0.347. The lowest BCUT2D eigenvalue weighted by molar-refractivity contribution is 0.306. The maximum Gasteiger partial charge on any atom is 0.129 e. The lowest BCUT2D eigenvalue weighted by atomic mass is 10.1. The summed E-state index contributed by atoms with van der Waals surface area (Å²) in [6.45, 7) is 1.57. The molecular weight excluding hydrogens is 284 g/mol. The van der Waals surface area contributed by atoms with Gasteiger partial charge >= 0.3 is 0 Å². The quantitative estimate of drug-likeness (QED) is 0.823. The van der Waals surface area contributed by atoms with Gasteiger partial charge in [0.1, 0.15) is 16.6 Å². The summed E-state index contributed by atoms with van der Waals surface area (Å²) in [5.41, 5.74) is 7.59. The Labute approximate surface area is 130 Å². The van der Waals surface area contributed by atoms with Gasteiger partial charge in [-0.15, -0.1) is 0 Å². The number of aromatic nitrogens is 2. The Morgan fingerprint density at radius 1 is 1.43 bits per heavy atom. The fourth-order valence-corrected chi connectivity index (χ4v) is 2.36. The van der Waals surface area contributed by atoms with Crippen molar-refractivity contribution in [1.82, 2.24) is 14.5 Å². The first-order chi connectivity index (χ1) is 10.0. The van der Waals surface area contributed by atoms with E-state index < -0.39 is 0 Å². The first kappa shape index (κ1) is 15.5. The second kappa shape index (κ2) is 6.69. The lowest BCUT2D eigenvalue weighted by Crippen LogP contribution is -2.20. The van der Waals surface area contributed by atoms with E-state index in [2.05, 4.69) is 16.9 Å². The van der Waals surface area contributed by atoms with Gasteiger partial charge in [-0.2, -0.15) is 0 Å². The van der Waals surface area contributed by atoms with E-state index in [4.69, 9.17) is 22.7 Å². The highest BCUT2D eigenvalue weighted by Gasteiger charge is 2.09. The van der Waals surface area contributed by atoms with Crippen LogP contribution in [0.4, 0.5) is 0 Å². The highest BCUT2D eigenvalue weighted by molar-refractivity contribution is 7.80. The summed E-state index contributed by atoms with van der Waals surface area (Å²) in [7, 11) is 5.68. The molecule has 0 aliphatic carbocycles. The van der Waals surface area contributed by atoms with Crippen molar-refractivity contribution in [2.24, 2.45) is 12.8 Å². The molecule has 2 N–H and O–H groups in total. The Hall–Kier alpha value is -1.92. The molecule has 0 atom stereocenters. The smallest absolute Gasteiger partial charge is 0.129 e. The number of thiocarbonyl (C=S) groups is 1. The van der Waals surface area contributed by atoms with Crippen molar-refractivity contribution in [2.75, 3.05) is 14.2 Å². The number of methoxy groups -OCH3 is 1. The van der Waals surface area contributed by atoms with Crippen LogP contribution in [-0.2, 0) is 20.1 Å². The number of ether oxygens (including phenoxy) is 1. The number of hydrogen-bond donors (Lipinski definition) is 1. The van der Waals surface area contributed by atoms with Gasteiger partial charge in [0.15, 0.2) is 0 Å². The monoisotopic (exact) mass is 304 g/mol. The van der Waals surface area contributed by atoms with Gasteiger partial charge in [-0.05, 0) is 24.7 Å². The van der Waals surface area contributed by atoms with E-state index in [1.165, 1.54) is 0 Å². The zero-order valence-electron chi connectivity index (χ0n) is 12.5. The van der Waals surface area contributed by atoms with Crippen LogP contribution < -0.4 is 10.5 Å². The maximum absolute atomic E-state index is 5.68. The largest absolute Gasteiger partial charge is 0.496 e. The molecule has 0 radical (unpaired) electrons. The van der Waals surface area contributed by atoms with E-state index in [1.54, 1.807) is 7.11 Å². The Morgan fingerprint density at radius 3 is 2.76 bits per heavy atom. The minimum absolute atomic E-state index is 0.347. The number of rotatable bonds is 6. The summed E-state index contributed by atoms with van der Waals surface area (Å²) in [4.78, 5) is 6.87. The Balaban J connectivity index is 2.09. The van der Waals surface area contributed by atoms with Crippen LogP contribution in [0.3, 0.4) is 0 Å². The maximum atomic E-state index is 5.68. The van der Waals surface area contributed by atoms with Crippen molar-refractivity contribution >= 4 is 17.2 Å². The second-order valence-electron chi connectivity index (χ2n) is 5.03. The topological polar surface area (TPSA) is 56.3 Å². The highest BCUT2D eigenvalue weighted by atomic mass is 32.1. The van der Waals surface area contributed by atoms with E-state index in [0.717, 1.165) is 30.0 Å². The number of nitrogens with zero attached hydrogens (tertiary/aromatic N) is 3. The second-order valence-corrected chi connectivity index (χ2v) is 5.47. The van der Waals surface area contributed by atoms with Gasteiger partial charge in [0.25, 0.3) is 0 Å². The third-order valence-electron chi connectivity index (χ3n) is 3.32. The summed E-state index contributed by atoms with van der Waals surface area (Å²) in [5, 5.41) is 0. The van der Waals surface area contributed by atoms with Crippen molar-refractivity contribution in [3.05, 3.63) is 47.5 Å². The Bertz CT molecular complexity index is 638. The molecule has 1 aromatic heterocycles. The molecule has 112 valence electrons. The fourth-order valence-electron chi connectivity index (χ4n) is 2.20. The normalized spacial score (nSPS) is 10.9. The van der Waals surface area contributed by atoms with Crippen LogP contribution in [0.1, 0.15) is 17.0 Å². The third kappa shape index (κ3) is 3.80. The molecule has 0 fully saturated rings. The van der Waals surface area contributed by atoms with E-state index in [-0.39, 0.29) is 0 Å². The molecule has 0 saturated heterocycles. The van der Waals surface area contributed by atoms with E-state index >= 15 is 0 Å². The average Bonchev–Trinajstić information content (AvgIpc) is 2.83. The average molecular weight is 304 g/mol. The molecule has 0 spiro atoms. The number of imidazole rings is 1. The van der Waals surface area contributed by atoms with Gasteiger partial charge in [-0.1, -0.05) is 18.3 Å². The van der Waals surface area contributed by atoms with Gasteiger partial charge in [-0.3, -0.25) is 4.90 Å². The zero-order valence-corrected chi connectivity index (χ0v) is 13.4. The SMILES string of the molecule is COc1cc(CN(C)Cc2nccn2C)ccc1C(N)=S. The first-order valence-electron chi connectivity index (χ1n) is 6.62. The molecule has 0 bridgehead atoms. The van der Waals surface area contributed by atoms with Crippen LogP contribution in [0.15, 0.2) is 30.6 Å². The first-order valence-corrected chi connectivity index (χ1v) is 7.03. The Kier molecular flexibility index (Phi) is 4.93. The summed E-state index contributed by atoms with van der Waals surface area (Å²) >= 11 is 5.01. The molecule has 0 saturated carbocycles. The number of benzene rings is 1. The van der Waals surface area contributed by atoms with Crippen LogP contribution >= 0.6 is 12.2 Å². The highest BCUT2D eigenvalue weighted by Crippen LogP contribution is 2.21. The minimum Gasteiger partial charge on any atom is -0.496 e. The van der Waals surface area contributed by atoms with Crippen molar-refractivity contribution in [1.29, 1.82) is 0 Å². The van der Waals surface area contributed by atoms with Crippen LogP contribution in [-0.4, -0.2) is 33.6 Å². The summed E-state index contributed by atoms with van der Waals surface area (Å²) in [5.74, 6) is 1.75. The van der Waals surface area contributed by atoms with Gasteiger partial charge in [-0.25, -0.2) is 4.98 Å². The molecular formula is C15H20N4OS. The van der Waals surface area contributed by atoms with Crippen molar-refractivity contribution in [3.8, 4) is 5.75 Å². The molecule has 1 heterocycles. The molecule has 21 heavy (non-hydrogen) atoms. The molecule has 5 nitrogen and oxygen atoms in total. The van der Waals surface area contributed by atoms with E-state index in [0.29, 0.717) is 10.7 Å². The standard InChI is InChI=1S/C15H20N4OS/c1-18(10-14-17-6-7-19(14)2)9-11-4-5-12(15(16)21)13(8-11)20-3/h4-8H,9-10H2,1-3H3,(H2,16,21). The zero-order chi connectivity index (χ0) is 15.4. The van der Waals surface area contributed by atoms with Gasteiger partial charge in [0.05, 0.1) is 19.2 Å². The van der Waals surface area contributed by atoms with E-state index in [1.807, 2.05) is 42.2 Å². The molecule has 2 aromatic rings. The molecule has 0 amide bonds. The van der Waals surface area contributed by atoms with Crippen molar-refractivity contribution < 1.29 is 4.74 Å². The predicted octanol–water partition coefficient (Wildman–Crippen LogP) is 1.69. The number of hydrogen-bond acceptors (Lipinski definition) is 4. The number of aryl methyl sites for hydroxylation is 1. The molecule has 0 aliphatic rings. The predicted molar refractivity (Wildman–Crippen MR) is 87.3 cm³/mol. The van der Waals surface area contributed by atoms with Crippen molar-refractivity contribution in [2.45, 2.75) is 13.1 Å². The molecule has 6 heteroatoms. The lowest BCUT2D eigenvalue weighted by Gasteiger charge is -2.17. The fraction of sp³-hybridized carbons (Fsp3) is 0.333. The van der Waals surface area contributed by atoms with E-state index in [9.17, 15) is 0 Å². The van der Waals surface area contributed by atoms with Crippen LogP contribution in [0.2, 0.25) is 0 Å². The van der Waals surface area contributed by atoms with Crippen LogP contribution in [0, 0.1) is 0 Å². The molecule has 1 aromatic carbocycles. The molecule has 0 aliphatic heterocycles. The Morgan fingerprint density at radius 2 is 2.19 bits per heavy atom. The van der Waals surface area contributed by atoms with Gasteiger partial charge < -0.3 is 15.0 Å². The van der Waals surface area contributed by atoms with Crippen molar-refractivity contribution in [3.63, 3.8) is 0 Å². The number of nitrogens with two attached hydrogens (primary N) is 1. The summed E-state index contributed by atoms with van der Waals surface area (Å²) < 4.78 is 7.37. The van der Waals surface area contributed by atoms with Gasteiger partial charge in [0, 0.05) is 26.0 Å². The van der Waals surface area contributed by atoms with Gasteiger partial charge in [0.2, 0.25) is 0 Å². The molecule has 0 unspecified atom stereocenters.